The smallest absolute Gasteiger partial charge is 0.242 e. The van der Waals surface area contributed by atoms with Gasteiger partial charge >= 0.3 is 0 Å². The first-order valence-corrected chi connectivity index (χ1v) is 10.5. The van der Waals surface area contributed by atoms with E-state index in [0.29, 0.717) is 24.5 Å². The Morgan fingerprint density at radius 1 is 1.34 bits per heavy atom. The van der Waals surface area contributed by atoms with Crippen molar-refractivity contribution in [1.29, 1.82) is 0 Å². The average molecular weight is 413 g/mol. The van der Waals surface area contributed by atoms with Gasteiger partial charge in [0, 0.05) is 43.3 Å². The predicted octanol–water partition coefficient (Wildman–Crippen LogP) is 4.08. The molecule has 6 nitrogen and oxygen atoms in total. The number of hydrogen-bond acceptors (Lipinski definition) is 4. The van der Waals surface area contributed by atoms with Crippen LogP contribution in [0.1, 0.15) is 48.7 Å². The topological polar surface area (TPSA) is 64.2 Å². The number of benzene rings is 1. The van der Waals surface area contributed by atoms with Crippen LogP contribution in [-0.4, -0.2) is 38.4 Å². The maximum Gasteiger partial charge on any atom is 0.242 e. The first-order chi connectivity index (χ1) is 14.1. The number of imidazole rings is 1. The fraction of sp³-hybridized carbons (Fsp3) is 0.409. The van der Waals surface area contributed by atoms with Crippen molar-refractivity contribution in [2.75, 3.05) is 13.1 Å². The maximum atomic E-state index is 12.8. The highest BCUT2D eigenvalue weighted by atomic mass is 35.5. The molecule has 4 rings (SSSR count). The number of rotatable bonds is 6. The lowest BCUT2D eigenvalue weighted by atomic mass is 9.98. The molecule has 7 heteroatoms. The molecule has 1 saturated heterocycles. The fourth-order valence-electron chi connectivity index (χ4n) is 3.89. The number of carbonyl (C=O) groups excluding carboxylic acids is 1. The Morgan fingerprint density at radius 3 is 3.07 bits per heavy atom. The number of oxazole rings is 1. The second-order valence-corrected chi connectivity index (χ2v) is 7.91. The van der Waals surface area contributed by atoms with Gasteiger partial charge in [0.15, 0.2) is 5.89 Å². The Labute approximate surface area is 175 Å². The average Bonchev–Trinajstić information content (AvgIpc) is 3.37. The third-order valence-corrected chi connectivity index (χ3v) is 5.62. The van der Waals surface area contributed by atoms with E-state index in [1.807, 2.05) is 46.9 Å². The highest BCUT2D eigenvalue weighted by Crippen LogP contribution is 2.27. The number of aromatic nitrogens is 3. The van der Waals surface area contributed by atoms with Crippen LogP contribution in [0.3, 0.4) is 0 Å². The lowest BCUT2D eigenvalue weighted by molar-refractivity contribution is -0.133. The number of halogens is 1. The Kier molecular flexibility index (Phi) is 6.00. The first-order valence-electron chi connectivity index (χ1n) is 10.1. The molecule has 2 aromatic heterocycles. The van der Waals surface area contributed by atoms with Crippen molar-refractivity contribution < 1.29 is 9.21 Å². The van der Waals surface area contributed by atoms with Crippen molar-refractivity contribution in [3.05, 3.63) is 70.9 Å². The van der Waals surface area contributed by atoms with Gasteiger partial charge in [-0.1, -0.05) is 30.7 Å². The van der Waals surface area contributed by atoms with E-state index >= 15 is 0 Å². The molecule has 0 radical (unpaired) electrons. The van der Waals surface area contributed by atoms with E-state index in [4.69, 9.17) is 16.0 Å². The molecule has 1 fully saturated rings. The molecule has 0 saturated carbocycles. The summed E-state index contributed by atoms with van der Waals surface area (Å²) in [5.41, 5.74) is 1.09. The van der Waals surface area contributed by atoms with Gasteiger partial charge in [-0.25, -0.2) is 9.97 Å². The summed E-state index contributed by atoms with van der Waals surface area (Å²) in [6.45, 7) is 3.80. The Morgan fingerprint density at radius 2 is 2.24 bits per heavy atom. The van der Waals surface area contributed by atoms with Gasteiger partial charge in [-0.05, 0) is 30.5 Å². The number of hydrogen-bond donors (Lipinski definition) is 0. The van der Waals surface area contributed by atoms with Crippen LogP contribution in [0.5, 0.6) is 0 Å². The van der Waals surface area contributed by atoms with Gasteiger partial charge in [0.25, 0.3) is 0 Å². The monoisotopic (exact) mass is 412 g/mol. The molecule has 1 unspecified atom stereocenters. The van der Waals surface area contributed by atoms with E-state index in [0.717, 1.165) is 48.8 Å². The van der Waals surface area contributed by atoms with Crippen molar-refractivity contribution in [2.24, 2.45) is 0 Å². The van der Waals surface area contributed by atoms with E-state index in [9.17, 15) is 4.79 Å². The molecule has 0 N–H and O–H groups in total. The summed E-state index contributed by atoms with van der Waals surface area (Å²) in [5, 5.41) is 0.716. The Bertz CT molecular complexity index is 981. The summed E-state index contributed by atoms with van der Waals surface area (Å²) < 4.78 is 7.96. The van der Waals surface area contributed by atoms with Crippen LogP contribution in [0.4, 0.5) is 0 Å². The summed E-state index contributed by atoms with van der Waals surface area (Å²) in [6, 6.07) is 7.75. The number of carbonyl (C=O) groups is 1. The van der Waals surface area contributed by atoms with Gasteiger partial charge in [-0.2, -0.15) is 0 Å². The molecule has 0 aliphatic carbocycles. The molecule has 0 bridgehead atoms. The zero-order valence-corrected chi connectivity index (χ0v) is 17.3. The molecule has 1 aliphatic heterocycles. The lowest BCUT2D eigenvalue weighted by Gasteiger charge is -2.31. The van der Waals surface area contributed by atoms with Gasteiger partial charge in [0.1, 0.15) is 18.1 Å². The second-order valence-electron chi connectivity index (χ2n) is 7.48. The van der Waals surface area contributed by atoms with Crippen LogP contribution in [0.2, 0.25) is 5.02 Å². The minimum absolute atomic E-state index is 0.119. The third kappa shape index (κ3) is 4.70. The van der Waals surface area contributed by atoms with Gasteiger partial charge in [-0.3, -0.25) is 4.79 Å². The summed E-state index contributed by atoms with van der Waals surface area (Å²) in [4.78, 5) is 23.5. The van der Waals surface area contributed by atoms with Crippen LogP contribution in [0, 0.1) is 0 Å². The predicted molar refractivity (Wildman–Crippen MR) is 111 cm³/mol. The number of aryl methyl sites for hydroxylation is 1. The minimum atomic E-state index is 0.119. The number of nitrogens with zero attached hydrogens (tertiary/aromatic N) is 4. The van der Waals surface area contributed by atoms with Gasteiger partial charge in [0.2, 0.25) is 5.91 Å². The van der Waals surface area contributed by atoms with Crippen molar-refractivity contribution in [2.45, 2.75) is 45.1 Å². The molecule has 3 aromatic rings. The van der Waals surface area contributed by atoms with E-state index in [1.54, 1.807) is 12.4 Å². The summed E-state index contributed by atoms with van der Waals surface area (Å²) in [5.74, 6) is 2.72. The fourth-order valence-corrected chi connectivity index (χ4v) is 4.10. The second kappa shape index (κ2) is 8.82. The maximum absolute atomic E-state index is 12.8. The molecule has 1 aromatic carbocycles. The molecule has 3 heterocycles. The van der Waals surface area contributed by atoms with E-state index < -0.39 is 0 Å². The third-order valence-electron chi connectivity index (χ3n) is 5.39. The summed E-state index contributed by atoms with van der Waals surface area (Å²) in [6.07, 6.45) is 8.81. The highest BCUT2D eigenvalue weighted by Gasteiger charge is 2.28. The summed E-state index contributed by atoms with van der Waals surface area (Å²) >= 11 is 6.06. The highest BCUT2D eigenvalue weighted by molar-refractivity contribution is 6.30. The van der Waals surface area contributed by atoms with E-state index in [-0.39, 0.29) is 11.8 Å². The number of piperidine rings is 1. The molecular formula is C22H25ClN4O2. The standard InChI is InChI=1S/C22H25ClN4O2/c1-2-20-24-8-10-26(20)15-21(28)27-9-4-6-17(14-27)22-25-13-19(29-22)12-16-5-3-7-18(23)11-16/h3,5,7-8,10-11,13,17H,2,4,6,9,12,14-15H2,1H3. The molecule has 29 heavy (non-hydrogen) atoms. The SMILES string of the molecule is CCc1nccn1CC(=O)N1CCCC(c2ncc(Cc3cccc(Cl)c3)o2)C1. The lowest BCUT2D eigenvalue weighted by Crippen LogP contribution is -2.41. The first kappa shape index (κ1) is 19.7. The van der Waals surface area contributed by atoms with Crippen LogP contribution in [0.25, 0.3) is 0 Å². The van der Waals surface area contributed by atoms with Crippen LogP contribution in [0.15, 0.2) is 47.3 Å². The van der Waals surface area contributed by atoms with E-state index in [1.165, 1.54) is 0 Å². The van der Waals surface area contributed by atoms with Crippen molar-refractivity contribution in [3.63, 3.8) is 0 Å². The molecule has 1 amide bonds. The minimum Gasteiger partial charge on any atom is -0.445 e. The van der Waals surface area contributed by atoms with Crippen LogP contribution in [-0.2, 0) is 24.2 Å². The van der Waals surface area contributed by atoms with Crippen LogP contribution >= 0.6 is 11.6 Å². The molecule has 0 spiro atoms. The molecule has 152 valence electrons. The normalized spacial score (nSPS) is 16.9. The molecular weight excluding hydrogens is 388 g/mol. The van der Waals surface area contributed by atoms with Crippen LogP contribution < -0.4 is 0 Å². The largest absolute Gasteiger partial charge is 0.445 e. The zero-order valence-electron chi connectivity index (χ0n) is 16.6. The van der Waals surface area contributed by atoms with Crippen molar-refractivity contribution >= 4 is 17.5 Å². The molecule has 1 atom stereocenters. The molecule has 1 aliphatic rings. The van der Waals surface area contributed by atoms with E-state index in [2.05, 4.69) is 9.97 Å². The number of likely N-dealkylation sites (tertiary alicyclic amines) is 1. The van der Waals surface area contributed by atoms with Gasteiger partial charge in [0.05, 0.1) is 12.1 Å². The van der Waals surface area contributed by atoms with Gasteiger partial charge in [-0.15, -0.1) is 0 Å². The Hall–Kier alpha value is -2.60. The zero-order chi connectivity index (χ0) is 20.2. The summed E-state index contributed by atoms with van der Waals surface area (Å²) in [7, 11) is 0. The number of amides is 1. The Balaban J connectivity index is 1.39. The van der Waals surface area contributed by atoms with Crippen molar-refractivity contribution in [3.8, 4) is 0 Å². The van der Waals surface area contributed by atoms with Crippen molar-refractivity contribution in [1.82, 2.24) is 19.4 Å². The van der Waals surface area contributed by atoms with Gasteiger partial charge < -0.3 is 13.9 Å². The quantitative estimate of drug-likeness (QED) is 0.611.